The van der Waals surface area contributed by atoms with E-state index in [-0.39, 0.29) is 0 Å². The molecule has 1 aliphatic heterocycles. The van der Waals surface area contributed by atoms with Crippen molar-refractivity contribution in [2.24, 2.45) is 0 Å². The molecule has 1 saturated heterocycles. The number of hydrogen-bond acceptors (Lipinski definition) is 8. The lowest BCUT2D eigenvalue weighted by Gasteiger charge is -2.43. The monoisotopic (exact) mass is 347 g/mol. The van der Waals surface area contributed by atoms with Gasteiger partial charge in [-0.15, -0.1) is 0 Å². The van der Waals surface area contributed by atoms with E-state index in [1.165, 1.54) is 20.8 Å². The van der Waals surface area contributed by atoms with Crippen LogP contribution in [0.25, 0.3) is 0 Å². The summed E-state index contributed by atoms with van der Waals surface area (Å²) in [5, 5.41) is 34.1. The molecule has 1 fully saturated rings. The van der Waals surface area contributed by atoms with Crippen molar-refractivity contribution in [1.82, 2.24) is 10.6 Å². The van der Waals surface area contributed by atoms with Crippen LogP contribution in [0.3, 0.4) is 0 Å². The summed E-state index contributed by atoms with van der Waals surface area (Å²) in [7, 11) is 0. The summed E-state index contributed by atoms with van der Waals surface area (Å²) in [4.78, 5) is 33.7. The molecule has 0 bridgehead atoms. The lowest BCUT2D eigenvalue weighted by Crippen LogP contribution is -2.65. The van der Waals surface area contributed by atoms with Crippen LogP contribution in [-0.2, 0) is 23.9 Å². The van der Waals surface area contributed by atoms with Gasteiger partial charge in [-0.25, -0.2) is 0 Å². The minimum Gasteiger partial charge on any atom is -0.394 e. The van der Waals surface area contributed by atoms with Gasteiger partial charge in [0, 0.05) is 6.92 Å². The third-order valence-electron chi connectivity index (χ3n) is 3.51. The molecule has 0 aromatic rings. The van der Waals surface area contributed by atoms with E-state index in [0.717, 1.165) is 0 Å². The van der Waals surface area contributed by atoms with Gasteiger partial charge in [-0.2, -0.15) is 0 Å². The van der Waals surface area contributed by atoms with Gasteiger partial charge >= 0.3 is 0 Å². The molecule has 0 spiro atoms. The summed E-state index contributed by atoms with van der Waals surface area (Å²) in [5.41, 5.74) is 0. The van der Waals surface area contributed by atoms with Crippen molar-refractivity contribution in [3.63, 3.8) is 0 Å². The number of nitrogens with one attached hydrogen (secondary N) is 2. The molecule has 10 heteroatoms. The molecular weight excluding hydrogens is 324 g/mol. The van der Waals surface area contributed by atoms with Crippen LogP contribution < -0.4 is 10.6 Å². The Morgan fingerprint density at radius 1 is 1.33 bits per heavy atom. The largest absolute Gasteiger partial charge is 0.394 e. The van der Waals surface area contributed by atoms with Gasteiger partial charge in [-0.1, -0.05) is 0 Å². The second kappa shape index (κ2) is 9.04. The fourth-order valence-corrected chi connectivity index (χ4v) is 2.29. The van der Waals surface area contributed by atoms with Crippen molar-refractivity contribution in [3.8, 4) is 0 Å². The molecule has 1 radical (unpaired) electrons. The summed E-state index contributed by atoms with van der Waals surface area (Å²) in [6.45, 7) is 3.40. The second-order valence-electron chi connectivity index (χ2n) is 5.56. The fourth-order valence-electron chi connectivity index (χ4n) is 2.29. The van der Waals surface area contributed by atoms with Gasteiger partial charge in [0.2, 0.25) is 18.1 Å². The molecule has 137 valence electrons. The van der Waals surface area contributed by atoms with Crippen LogP contribution >= 0.6 is 0 Å². The van der Waals surface area contributed by atoms with E-state index >= 15 is 0 Å². The molecule has 5 N–H and O–H groups in total. The molecule has 0 saturated carbocycles. The summed E-state index contributed by atoms with van der Waals surface area (Å²) in [5.74, 6) is -1.15. The van der Waals surface area contributed by atoms with Gasteiger partial charge in [-0.3, -0.25) is 14.4 Å². The Balaban J connectivity index is 2.88. The highest BCUT2D eigenvalue weighted by Gasteiger charge is 2.46. The first-order valence-corrected chi connectivity index (χ1v) is 7.44. The molecule has 0 aromatic heterocycles. The van der Waals surface area contributed by atoms with Crippen LogP contribution in [0.1, 0.15) is 20.8 Å². The van der Waals surface area contributed by atoms with Crippen LogP contribution in [0, 0.1) is 0 Å². The molecule has 0 aromatic carbocycles. The van der Waals surface area contributed by atoms with Crippen LogP contribution in [0.5, 0.6) is 0 Å². The quantitative estimate of drug-likeness (QED) is 0.325. The lowest BCUT2D eigenvalue weighted by atomic mass is 9.96. The Morgan fingerprint density at radius 2 is 1.96 bits per heavy atom. The Morgan fingerprint density at radius 3 is 2.46 bits per heavy atom. The number of amides is 2. The normalized spacial score (nSPS) is 32.5. The highest BCUT2D eigenvalue weighted by Crippen LogP contribution is 2.23. The lowest BCUT2D eigenvalue weighted by molar-refractivity contribution is -0.266. The average Bonchev–Trinajstić information content (AvgIpc) is 2.52. The first-order chi connectivity index (χ1) is 11.2. The van der Waals surface area contributed by atoms with Gasteiger partial charge < -0.3 is 35.4 Å². The average molecular weight is 347 g/mol. The Labute approximate surface area is 139 Å². The molecule has 1 rings (SSSR count). The number of ether oxygens (including phenoxy) is 2. The van der Waals surface area contributed by atoms with Crippen LogP contribution in [0.4, 0.5) is 0 Å². The number of carbonyl (C=O) groups is 2. The predicted molar refractivity (Wildman–Crippen MR) is 79.2 cm³/mol. The minimum absolute atomic E-state index is 0.507. The first-order valence-electron chi connectivity index (χ1n) is 7.44. The van der Waals surface area contributed by atoms with Gasteiger partial charge in [-0.05, 0) is 13.8 Å². The maximum atomic E-state index is 11.9. The predicted octanol–water partition coefficient (Wildman–Crippen LogP) is -3.05. The number of rotatable bonds is 7. The van der Waals surface area contributed by atoms with Crippen LogP contribution in [0.2, 0.25) is 0 Å². The summed E-state index contributed by atoms with van der Waals surface area (Å²) in [6, 6.07) is -1.99. The second-order valence-corrected chi connectivity index (χ2v) is 5.56. The first kappa shape index (κ1) is 20.5. The Hall–Kier alpha value is -1.59. The van der Waals surface area contributed by atoms with Crippen LogP contribution in [-0.4, -0.2) is 82.8 Å². The van der Waals surface area contributed by atoms with Crippen molar-refractivity contribution in [3.05, 3.63) is 0 Å². The van der Waals surface area contributed by atoms with Crippen molar-refractivity contribution in [2.45, 2.75) is 63.6 Å². The van der Waals surface area contributed by atoms with Crippen molar-refractivity contribution in [2.75, 3.05) is 6.61 Å². The number of aliphatic hydroxyl groups excluding tert-OH is 3. The van der Waals surface area contributed by atoms with Crippen molar-refractivity contribution in [1.29, 1.82) is 0 Å². The fraction of sp³-hybridized carbons (Fsp3) is 0.786. The Kier molecular flexibility index (Phi) is 7.70. The SMILES string of the molecule is CC(=O)N[C@@H]1[C@@H](OC(C)C(=O)N[C@@H](C)[C]=O)[C@H](O)[C@@H](CO)O[C@@H]1O. The molecule has 1 heterocycles. The van der Waals surface area contributed by atoms with E-state index in [2.05, 4.69) is 10.6 Å². The van der Waals surface area contributed by atoms with Gasteiger partial charge in [0.1, 0.15) is 30.5 Å². The molecule has 2 amide bonds. The molecule has 24 heavy (non-hydrogen) atoms. The molecule has 1 unspecified atom stereocenters. The zero-order valence-corrected chi connectivity index (χ0v) is 13.6. The molecule has 10 nitrogen and oxygen atoms in total. The molecular formula is C14H23N2O8. The standard InChI is InChI=1S/C14H23N2O8/c1-6(4-17)15-13(21)7(2)23-12-10(16-8(3)19)14(22)24-9(5-18)11(12)20/h6-7,9-12,14,18,20,22H,5H2,1-3H3,(H,15,21)(H,16,19)/t6-,7?,9+,10+,11+,12+,14-/m0/s1. The summed E-state index contributed by atoms with van der Waals surface area (Å²) in [6.07, 6.45) is -4.83. The highest BCUT2D eigenvalue weighted by atomic mass is 16.6. The van der Waals surface area contributed by atoms with E-state index in [9.17, 15) is 29.7 Å². The van der Waals surface area contributed by atoms with Gasteiger partial charge in [0.05, 0.1) is 12.6 Å². The Bertz CT molecular complexity index is 460. The van der Waals surface area contributed by atoms with Crippen molar-refractivity contribution >= 4 is 18.1 Å². The maximum Gasteiger partial charge on any atom is 0.249 e. The van der Waals surface area contributed by atoms with Gasteiger partial charge in [0.25, 0.3) is 0 Å². The summed E-state index contributed by atoms with van der Waals surface area (Å²) >= 11 is 0. The number of carbonyl (C=O) groups excluding carboxylic acids is 3. The van der Waals surface area contributed by atoms with E-state index in [1.54, 1.807) is 6.29 Å². The smallest absolute Gasteiger partial charge is 0.249 e. The maximum absolute atomic E-state index is 11.9. The van der Waals surface area contributed by atoms with E-state index in [4.69, 9.17) is 9.47 Å². The number of aliphatic hydroxyl groups is 3. The minimum atomic E-state index is -1.54. The summed E-state index contributed by atoms with van der Waals surface area (Å²) < 4.78 is 10.5. The third kappa shape index (κ3) is 5.21. The molecule has 7 atom stereocenters. The van der Waals surface area contributed by atoms with E-state index in [0.29, 0.717) is 0 Å². The van der Waals surface area contributed by atoms with E-state index in [1.807, 2.05) is 0 Å². The zero-order chi connectivity index (χ0) is 18.4. The number of hydrogen-bond donors (Lipinski definition) is 5. The highest BCUT2D eigenvalue weighted by molar-refractivity contribution is 5.83. The van der Waals surface area contributed by atoms with Gasteiger partial charge in [0.15, 0.2) is 6.29 Å². The third-order valence-corrected chi connectivity index (χ3v) is 3.51. The zero-order valence-electron chi connectivity index (χ0n) is 13.6. The molecule has 1 aliphatic rings. The van der Waals surface area contributed by atoms with Crippen LogP contribution in [0.15, 0.2) is 0 Å². The van der Waals surface area contributed by atoms with E-state index < -0.39 is 61.2 Å². The molecule has 0 aliphatic carbocycles. The van der Waals surface area contributed by atoms with Crippen molar-refractivity contribution < 1.29 is 39.2 Å². The topological polar surface area (TPSA) is 154 Å².